The summed E-state index contributed by atoms with van der Waals surface area (Å²) in [6.07, 6.45) is 4.92. The van der Waals surface area contributed by atoms with Gasteiger partial charge in [-0.1, -0.05) is 0 Å². The lowest BCUT2D eigenvalue weighted by Crippen LogP contribution is -2.38. The second-order valence-electron chi connectivity index (χ2n) is 4.77. The van der Waals surface area contributed by atoms with Crippen molar-refractivity contribution in [2.45, 2.75) is 19.0 Å². The van der Waals surface area contributed by atoms with Crippen LogP contribution < -0.4 is 5.73 Å². The third-order valence-electron chi connectivity index (χ3n) is 3.70. The largest absolute Gasteiger partial charge is 0.336 e. The van der Waals surface area contributed by atoms with Crippen molar-refractivity contribution in [1.29, 1.82) is 0 Å². The zero-order chi connectivity index (χ0) is 12.5. The normalized spacial score (nSPS) is 17.7. The summed E-state index contributed by atoms with van der Waals surface area (Å²) in [6, 6.07) is 2.51. The van der Waals surface area contributed by atoms with Crippen LogP contribution in [0.5, 0.6) is 0 Å². The Morgan fingerprint density at radius 1 is 1.56 bits per heavy atom. The van der Waals surface area contributed by atoms with Crippen molar-refractivity contribution in [2.24, 2.45) is 12.8 Å². The van der Waals surface area contributed by atoms with E-state index in [1.165, 1.54) is 16.1 Å². The van der Waals surface area contributed by atoms with Gasteiger partial charge in [-0.25, -0.2) is 4.98 Å². The molecule has 1 unspecified atom stereocenters. The van der Waals surface area contributed by atoms with E-state index in [1.807, 2.05) is 30.9 Å². The van der Waals surface area contributed by atoms with Crippen LogP contribution in [0, 0.1) is 0 Å². The highest BCUT2D eigenvalue weighted by atomic mass is 32.1. The number of rotatable bonds is 3. The maximum Gasteiger partial charge on any atom is 0.0946 e. The zero-order valence-corrected chi connectivity index (χ0v) is 11.4. The molecule has 1 atom stereocenters. The molecule has 0 fully saturated rings. The first-order valence-electron chi connectivity index (χ1n) is 6.25. The van der Waals surface area contributed by atoms with Crippen LogP contribution in [0.25, 0.3) is 0 Å². The highest BCUT2D eigenvalue weighted by molar-refractivity contribution is 7.10. The van der Waals surface area contributed by atoms with Gasteiger partial charge in [0.2, 0.25) is 0 Å². The van der Waals surface area contributed by atoms with Crippen molar-refractivity contribution in [1.82, 2.24) is 14.5 Å². The molecule has 0 radical (unpaired) electrons. The molecule has 5 heteroatoms. The summed E-state index contributed by atoms with van der Waals surface area (Å²) in [4.78, 5) is 8.20. The zero-order valence-electron chi connectivity index (χ0n) is 10.5. The van der Waals surface area contributed by atoms with Gasteiger partial charge in [0.05, 0.1) is 18.1 Å². The Bertz CT molecular complexity index is 531. The highest BCUT2D eigenvalue weighted by Crippen LogP contribution is 2.29. The third kappa shape index (κ3) is 1.98. The van der Waals surface area contributed by atoms with Gasteiger partial charge >= 0.3 is 0 Å². The minimum atomic E-state index is 0.269. The van der Waals surface area contributed by atoms with Crippen LogP contribution in [-0.2, 0) is 20.0 Å². The molecule has 0 saturated heterocycles. The average Bonchev–Trinajstić information content (AvgIpc) is 2.99. The molecule has 3 rings (SSSR count). The van der Waals surface area contributed by atoms with Crippen molar-refractivity contribution in [3.63, 3.8) is 0 Å². The van der Waals surface area contributed by atoms with Crippen LogP contribution in [-0.4, -0.2) is 27.5 Å². The molecule has 2 aromatic heterocycles. The van der Waals surface area contributed by atoms with Gasteiger partial charge in [0.15, 0.2) is 0 Å². The smallest absolute Gasteiger partial charge is 0.0946 e. The molecule has 0 bridgehead atoms. The number of nitrogens with zero attached hydrogens (tertiary/aromatic N) is 3. The Morgan fingerprint density at radius 3 is 3.17 bits per heavy atom. The Hall–Kier alpha value is -1.17. The van der Waals surface area contributed by atoms with E-state index in [1.54, 1.807) is 0 Å². The molecular weight excluding hydrogens is 244 g/mol. The highest BCUT2D eigenvalue weighted by Gasteiger charge is 2.25. The number of thiophene rings is 1. The molecule has 96 valence electrons. The van der Waals surface area contributed by atoms with Gasteiger partial charge in [0, 0.05) is 37.8 Å². The molecule has 18 heavy (non-hydrogen) atoms. The van der Waals surface area contributed by atoms with Crippen LogP contribution in [0.2, 0.25) is 0 Å². The van der Waals surface area contributed by atoms with Crippen molar-refractivity contribution in [3.05, 3.63) is 40.1 Å². The first kappa shape index (κ1) is 11.9. The Kier molecular flexibility index (Phi) is 3.20. The van der Waals surface area contributed by atoms with Crippen LogP contribution in [0.15, 0.2) is 24.0 Å². The monoisotopic (exact) mass is 262 g/mol. The van der Waals surface area contributed by atoms with Gasteiger partial charge < -0.3 is 10.3 Å². The molecule has 3 heterocycles. The van der Waals surface area contributed by atoms with Gasteiger partial charge in [-0.15, -0.1) is 11.3 Å². The van der Waals surface area contributed by atoms with Gasteiger partial charge in [-0.2, -0.15) is 0 Å². The lowest BCUT2D eigenvalue weighted by atomic mass is 10.1. The van der Waals surface area contributed by atoms with E-state index >= 15 is 0 Å². The number of imidazole rings is 1. The van der Waals surface area contributed by atoms with Crippen LogP contribution in [0.1, 0.15) is 22.2 Å². The van der Waals surface area contributed by atoms with E-state index in [-0.39, 0.29) is 6.04 Å². The standard InChI is InChI=1S/C13H18N4S/c1-16-9-15-7-12(16)11(6-14)17-4-2-13-10(8-17)3-5-18-13/h3,5,7,9,11H,2,4,6,8,14H2,1H3. The summed E-state index contributed by atoms with van der Waals surface area (Å²) < 4.78 is 2.07. The van der Waals surface area contributed by atoms with Gasteiger partial charge in [-0.05, 0) is 23.4 Å². The van der Waals surface area contributed by atoms with Crippen LogP contribution >= 0.6 is 11.3 Å². The lowest BCUT2D eigenvalue weighted by molar-refractivity contribution is 0.179. The Morgan fingerprint density at radius 2 is 2.44 bits per heavy atom. The van der Waals surface area contributed by atoms with Gasteiger partial charge in [0.1, 0.15) is 0 Å². The first-order chi connectivity index (χ1) is 8.79. The molecule has 0 saturated carbocycles. The quantitative estimate of drug-likeness (QED) is 0.912. The van der Waals surface area contributed by atoms with E-state index in [0.717, 1.165) is 19.5 Å². The number of hydrogen-bond donors (Lipinski definition) is 1. The van der Waals surface area contributed by atoms with E-state index < -0.39 is 0 Å². The van der Waals surface area contributed by atoms with E-state index in [2.05, 4.69) is 25.9 Å². The minimum Gasteiger partial charge on any atom is -0.336 e. The number of fused-ring (bicyclic) bond motifs is 1. The van der Waals surface area contributed by atoms with Crippen molar-refractivity contribution >= 4 is 11.3 Å². The summed E-state index contributed by atoms with van der Waals surface area (Å²) in [7, 11) is 2.03. The summed E-state index contributed by atoms with van der Waals surface area (Å²) in [5.41, 5.74) is 8.65. The van der Waals surface area contributed by atoms with Crippen molar-refractivity contribution in [3.8, 4) is 0 Å². The average molecular weight is 262 g/mol. The second-order valence-corrected chi connectivity index (χ2v) is 5.77. The van der Waals surface area contributed by atoms with Crippen molar-refractivity contribution < 1.29 is 0 Å². The fourth-order valence-electron chi connectivity index (χ4n) is 2.68. The summed E-state index contributed by atoms with van der Waals surface area (Å²) in [5.74, 6) is 0. The molecule has 2 aromatic rings. The SMILES string of the molecule is Cn1cncc1C(CN)N1CCc2sccc2C1. The third-order valence-corrected chi connectivity index (χ3v) is 4.72. The number of aromatic nitrogens is 2. The molecule has 0 spiro atoms. The van der Waals surface area contributed by atoms with Gasteiger partial charge in [0.25, 0.3) is 0 Å². The fourth-order valence-corrected chi connectivity index (χ4v) is 3.57. The van der Waals surface area contributed by atoms with E-state index in [4.69, 9.17) is 5.73 Å². The number of nitrogens with two attached hydrogens (primary N) is 1. The molecule has 4 nitrogen and oxygen atoms in total. The number of aryl methyl sites for hydroxylation is 1. The molecular formula is C13H18N4S. The molecule has 2 N–H and O–H groups in total. The maximum absolute atomic E-state index is 5.98. The molecule has 1 aliphatic heterocycles. The summed E-state index contributed by atoms with van der Waals surface area (Å²) in [6.45, 7) is 2.73. The first-order valence-corrected chi connectivity index (χ1v) is 7.13. The molecule has 0 aliphatic carbocycles. The molecule has 1 aliphatic rings. The second kappa shape index (κ2) is 4.84. The number of hydrogen-bond acceptors (Lipinski definition) is 4. The predicted molar refractivity (Wildman–Crippen MR) is 73.4 cm³/mol. The predicted octanol–water partition coefficient (Wildman–Crippen LogP) is 1.54. The maximum atomic E-state index is 5.98. The van der Waals surface area contributed by atoms with Crippen LogP contribution in [0.4, 0.5) is 0 Å². The fraction of sp³-hybridized carbons (Fsp3) is 0.462. The Balaban J connectivity index is 1.84. The molecule has 0 aromatic carbocycles. The van der Waals surface area contributed by atoms with Crippen LogP contribution in [0.3, 0.4) is 0 Å². The minimum absolute atomic E-state index is 0.269. The topological polar surface area (TPSA) is 47.1 Å². The van der Waals surface area contributed by atoms with Crippen molar-refractivity contribution in [2.75, 3.05) is 13.1 Å². The van der Waals surface area contributed by atoms with E-state index in [9.17, 15) is 0 Å². The lowest BCUT2D eigenvalue weighted by Gasteiger charge is -2.33. The van der Waals surface area contributed by atoms with Gasteiger partial charge in [-0.3, -0.25) is 4.90 Å². The summed E-state index contributed by atoms with van der Waals surface area (Å²) >= 11 is 1.87. The van der Waals surface area contributed by atoms with E-state index in [0.29, 0.717) is 6.54 Å². The summed E-state index contributed by atoms with van der Waals surface area (Å²) in [5, 5.41) is 2.19. The Labute approximate surface area is 111 Å². The molecule has 0 amide bonds.